The standard InChI is InChI=1S/C45H64O8/c1-8-10-12-14-16-22-42(46)52-36(29-48-27-33(3)4)31-50-44-38-20-18-19-21-39(38)45(41-26-35(7)24-25-40(41)44)51-32-37(30-49-28-34(5)6)53-43(47)23-17-15-13-11-9-2/h18-21,24-26,36-37H,3,5,8-17,22-23,27-32H2,1-2,4,6-7H3. The molecule has 2 atom stereocenters. The maximum absolute atomic E-state index is 12.9. The molecule has 53 heavy (non-hydrogen) atoms. The summed E-state index contributed by atoms with van der Waals surface area (Å²) in [4.78, 5) is 25.8. The van der Waals surface area contributed by atoms with E-state index < -0.39 is 12.2 Å². The first-order valence-corrected chi connectivity index (χ1v) is 19.7. The van der Waals surface area contributed by atoms with Crippen molar-refractivity contribution in [1.82, 2.24) is 0 Å². The fourth-order valence-corrected chi connectivity index (χ4v) is 6.07. The molecule has 0 fully saturated rings. The van der Waals surface area contributed by atoms with Gasteiger partial charge >= 0.3 is 11.9 Å². The van der Waals surface area contributed by atoms with Gasteiger partial charge in [0.05, 0.1) is 26.4 Å². The maximum Gasteiger partial charge on any atom is 0.306 e. The summed E-state index contributed by atoms with van der Waals surface area (Å²) in [5.74, 6) is 0.840. The van der Waals surface area contributed by atoms with Crippen LogP contribution in [0.2, 0.25) is 0 Å². The normalized spacial score (nSPS) is 12.4. The van der Waals surface area contributed by atoms with Gasteiger partial charge in [0, 0.05) is 34.4 Å². The number of aryl methyl sites for hydroxylation is 1. The molecule has 2 unspecified atom stereocenters. The topological polar surface area (TPSA) is 89.5 Å². The van der Waals surface area contributed by atoms with Crippen molar-refractivity contribution in [2.24, 2.45) is 0 Å². The number of ether oxygens (including phenoxy) is 6. The zero-order valence-corrected chi connectivity index (χ0v) is 33.1. The van der Waals surface area contributed by atoms with E-state index in [-0.39, 0.29) is 38.4 Å². The minimum atomic E-state index is -0.603. The highest BCUT2D eigenvalue weighted by molar-refractivity contribution is 6.11. The Bertz CT molecular complexity index is 1590. The summed E-state index contributed by atoms with van der Waals surface area (Å²) in [7, 11) is 0. The van der Waals surface area contributed by atoms with Gasteiger partial charge in [-0.3, -0.25) is 9.59 Å². The minimum absolute atomic E-state index is 0.113. The predicted molar refractivity (Wildman–Crippen MR) is 215 cm³/mol. The van der Waals surface area contributed by atoms with Crippen molar-refractivity contribution in [3.8, 4) is 11.5 Å². The number of hydrogen-bond donors (Lipinski definition) is 0. The summed E-state index contributed by atoms with van der Waals surface area (Å²) in [6.07, 6.45) is 10.0. The number of hydrogen-bond acceptors (Lipinski definition) is 8. The van der Waals surface area contributed by atoms with Crippen LogP contribution in [-0.4, -0.2) is 63.8 Å². The van der Waals surface area contributed by atoms with Crippen molar-refractivity contribution in [3.63, 3.8) is 0 Å². The van der Waals surface area contributed by atoms with E-state index in [2.05, 4.69) is 33.1 Å². The summed E-state index contributed by atoms with van der Waals surface area (Å²) in [6.45, 7) is 19.4. The Morgan fingerprint density at radius 3 is 1.47 bits per heavy atom. The van der Waals surface area contributed by atoms with Crippen LogP contribution in [0.1, 0.15) is 110 Å². The SMILES string of the molecule is C=C(C)COCC(COc1c2ccccc2c(OCC(COCC(=C)C)OC(=O)CCCCCCC)c2cc(C)ccc12)OC(=O)CCCCCCC. The van der Waals surface area contributed by atoms with Gasteiger partial charge in [-0.15, -0.1) is 0 Å². The molecule has 3 rings (SSSR count). The molecule has 0 bridgehead atoms. The fourth-order valence-electron chi connectivity index (χ4n) is 6.07. The lowest BCUT2D eigenvalue weighted by molar-refractivity contribution is -0.154. The highest BCUT2D eigenvalue weighted by Gasteiger charge is 2.22. The molecule has 8 heteroatoms. The first-order chi connectivity index (χ1) is 25.6. The first kappa shape index (κ1) is 43.5. The average molecular weight is 733 g/mol. The van der Waals surface area contributed by atoms with Crippen molar-refractivity contribution in [3.05, 3.63) is 72.3 Å². The zero-order chi connectivity index (χ0) is 38.4. The van der Waals surface area contributed by atoms with E-state index >= 15 is 0 Å². The Morgan fingerprint density at radius 2 is 1.02 bits per heavy atom. The van der Waals surface area contributed by atoms with Gasteiger partial charge in [0.2, 0.25) is 0 Å². The molecule has 0 amide bonds. The van der Waals surface area contributed by atoms with Crippen LogP contribution < -0.4 is 9.47 Å². The molecule has 0 saturated heterocycles. The molecule has 0 aliphatic carbocycles. The van der Waals surface area contributed by atoms with Gasteiger partial charge in [-0.2, -0.15) is 0 Å². The molecule has 0 N–H and O–H groups in total. The number of esters is 2. The van der Waals surface area contributed by atoms with Crippen LogP contribution in [0.25, 0.3) is 21.5 Å². The molecule has 0 saturated carbocycles. The Kier molecular flexibility index (Phi) is 20.1. The third-order valence-corrected chi connectivity index (χ3v) is 8.78. The number of fused-ring (bicyclic) bond motifs is 2. The lowest BCUT2D eigenvalue weighted by atomic mass is 9.99. The number of carbonyl (C=O) groups is 2. The number of unbranched alkanes of at least 4 members (excludes halogenated alkanes) is 8. The Hall–Kier alpha value is -3.88. The second-order valence-corrected chi connectivity index (χ2v) is 14.4. The number of carbonyl (C=O) groups excluding carboxylic acids is 2. The molecular weight excluding hydrogens is 668 g/mol. The Balaban J connectivity index is 1.86. The zero-order valence-electron chi connectivity index (χ0n) is 33.1. The van der Waals surface area contributed by atoms with Crippen molar-refractivity contribution < 1.29 is 38.0 Å². The minimum Gasteiger partial charge on any atom is -0.488 e. The monoisotopic (exact) mass is 732 g/mol. The van der Waals surface area contributed by atoms with E-state index in [0.717, 1.165) is 89.6 Å². The number of rotatable bonds is 28. The highest BCUT2D eigenvalue weighted by atomic mass is 16.6. The van der Waals surface area contributed by atoms with Crippen LogP contribution in [0.15, 0.2) is 66.8 Å². The van der Waals surface area contributed by atoms with E-state index in [0.29, 0.717) is 37.6 Å². The van der Waals surface area contributed by atoms with Crippen LogP contribution in [0.5, 0.6) is 11.5 Å². The van der Waals surface area contributed by atoms with Crippen molar-refractivity contribution >= 4 is 33.5 Å². The molecule has 3 aromatic carbocycles. The van der Waals surface area contributed by atoms with Crippen molar-refractivity contribution in [2.45, 2.75) is 124 Å². The lowest BCUT2D eigenvalue weighted by Crippen LogP contribution is -2.30. The second-order valence-electron chi connectivity index (χ2n) is 14.4. The average Bonchev–Trinajstić information content (AvgIpc) is 3.12. The van der Waals surface area contributed by atoms with Gasteiger partial charge in [-0.05, 0) is 39.7 Å². The summed E-state index contributed by atoms with van der Waals surface area (Å²) >= 11 is 0. The van der Waals surface area contributed by atoms with E-state index in [1.807, 2.05) is 57.2 Å². The van der Waals surface area contributed by atoms with Gasteiger partial charge < -0.3 is 28.4 Å². The van der Waals surface area contributed by atoms with E-state index in [1.165, 1.54) is 12.8 Å². The summed E-state index contributed by atoms with van der Waals surface area (Å²) in [5.41, 5.74) is 2.83. The van der Waals surface area contributed by atoms with E-state index in [1.54, 1.807) is 0 Å². The van der Waals surface area contributed by atoms with Crippen molar-refractivity contribution in [2.75, 3.05) is 39.6 Å². The third kappa shape index (κ3) is 15.9. The molecule has 0 heterocycles. The van der Waals surface area contributed by atoms with Crippen LogP contribution in [0.3, 0.4) is 0 Å². The summed E-state index contributed by atoms with van der Waals surface area (Å²) in [5, 5.41) is 3.42. The van der Waals surface area contributed by atoms with Crippen LogP contribution in [0.4, 0.5) is 0 Å². The summed E-state index contributed by atoms with van der Waals surface area (Å²) in [6, 6.07) is 14.1. The Morgan fingerprint density at radius 1 is 0.585 bits per heavy atom. The van der Waals surface area contributed by atoms with E-state index in [9.17, 15) is 9.59 Å². The highest BCUT2D eigenvalue weighted by Crippen LogP contribution is 2.43. The van der Waals surface area contributed by atoms with Gasteiger partial charge in [-0.1, -0.05) is 131 Å². The van der Waals surface area contributed by atoms with E-state index in [4.69, 9.17) is 28.4 Å². The lowest BCUT2D eigenvalue weighted by Gasteiger charge is -2.23. The molecule has 0 aromatic heterocycles. The molecule has 0 aliphatic rings. The van der Waals surface area contributed by atoms with Gasteiger partial charge in [0.25, 0.3) is 0 Å². The Labute approximate surface area is 318 Å². The first-order valence-electron chi connectivity index (χ1n) is 19.7. The smallest absolute Gasteiger partial charge is 0.306 e. The predicted octanol–water partition coefficient (Wildman–Crippen LogP) is 10.8. The van der Waals surface area contributed by atoms with Crippen LogP contribution in [0, 0.1) is 6.92 Å². The quantitative estimate of drug-likeness (QED) is 0.0315. The molecular formula is C45H64O8. The van der Waals surface area contributed by atoms with Gasteiger partial charge in [-0.25, -0.2) is 0 Å². The maximum atomic E-state index is 12.9. The molecule has 8 nitrogen and oxygen atoms in total. The summed E-state index contributed by atoms with van der Waals surface area (Å²) < 4.78 is 36.7. The second kappa shape index (κ2) is 24.4. The van der Waals surface area contributed by atoms with Crippen LogP contribution in [-0.2, 0) is 28.5 Å². The molecule has 0 aliphatic heterocycles. The van der Waals surface area contributed by atoms with Crippen molar-refractivity contribution in [1.29, 1.82) is 0 Å². The molecule has 3 aromatic rings. The van der Waals surface area contributed by atoms with Crippen LogP contribution >= 0.6 is 0 Å². The molecule has 292 valence electrons. The third-order valence-electron chi connectivity index (χ3n) is 8.78. The van der Waals surface area contributed by atoms with Gasteiger partial charge in [0.15, 0.2) is 12.2 Å². The van der Waals surface area contributed by atoms with Gasteiger partial charge in [0.1, 0.15) is 24.7 Å². The fraction of sp³-hybridized carbons (Fsp3) is 0.556. The molecule has 0 radical (unpaired) electrons. The number of benzene rings is 3. The molecule has 0 spiro atoms. The largest absolute Gasteiger partial charge is 0.488 e.